The van der Waals surface area contributed by atoms with Crippen LogP contribution >= 0.6 is 11.8 Å². The number of carbonyl (C=O) groups excluding carboxylic acids is 3. The van der Waals surface area contributed by atoms with Gasteiger partial charge in [-0.15, -0.1) is 0 Å². The number of imide groups is 1. The Balaban J connectivity index is 2.28. The highest BCUT2D eigenvalue weighted by atomic mass is 32.2. The highest BCUT2D eigenvalue weighted by Crippen LogP contribution is 2.35. The smallest absolute Gasteiger partial charge is 0.293 e. The van der Waals surface area contributed by atoms with Crippen LogP contribution in [0.4, 0.5) is 4.79 Å². The minimum absolute atomic E-state index is 0.194. The molecule has 1 heterocycles. The first-order chi connectivity index (χ1) is 11.0. The molecule has 2 rings (SSSR count). The van der Waals surface area contributed by atoms with Gasteiger partial charge in [-0.2, -0.15) is 0 Å². The molecule has 1 aliphatic rings. The van der Waals surface area contributed by atoms with Crippen molar-refractivity contribution < 1.29 is 29.0 Å². The van der Waals surface area contributed by atoms with Crippen molar-refractivity contribution in [2.45, 2.75) is 6.42 Å². The van der Waals surface area contributed by atoms with Crippen molar-refractivity contribution in [3.05, 3.63) is 28.7 Å². The van der Waals surface area contributed by atoms with Gasteiger partial charge in [0.1, 0.15) is 11.5 Å². The van der Waals surface area contributed by atoms with Crippen molar-refractivity contribution in [2.75, 3.05) is 20.8 Å². The van der Waals surface area contributed by atoms with Crippen molar-refractivity contribution in [2.24, 2.45) is 0 Å². The Hall–Kier alpha value is -2.48. The molecule has 7 nitrogen and oxygen atoms in total. The zero-order valence-corrected chi connectivity index (χ0v) is 13.3. The van der Waals surface area contributed by atoms with Crippen LogP contribution in [0.25, 0.3) is 6.08 Å². The molecule has 0 saturated carbocycles. The minimum Gasteiger partial charge on any atom is -0.550 e. The summed E-state index contributed by atoms with van der Waals surface area (Å²) < 4.78 is 10.3. The number of nitrogens with zero attached hydrogens (tertiary/aromatic N) is 1. The summed E-state index contributed by atoms with van der Waals surface area (Å²) in [6.45, 7) is -0.209. The van der Waals surface area contributed by atoms with Crippen LogP contribution in [0, 0.1) is 0 Å². The van der Waals surface area contributed by atoms with Crippen LogP contribution in [0.5, 0.6) is 11.5 Å². The predicted octanol–water partition coefficient (Wildman–Crippen LogP) is 0.880. The van der Waals surface area contributed by atoms with Crippen molar-refractivity contribution >= 4 is 35.0 Å². The zero-order valence-electron chi connectivity index (χ0n) is 12.5. The number of aliphatic carboxylic acids is 1. The molecule has 2 amide bonds. The van der Waals surface area contributed by atoms with E-state index in [1.54, 1.807) is 18.2 Å². The van der Waals surface area contributed by atoms with E-state index in [4.69, 9.17) is 9.47 Å². The number of ether oxygens (including phenoxy) is 2. The van der Waals surface area contributed by atoms with E-state index in [0.717, 1.165) is 16.7 Å². The largest absolute Gasteiger partial charge is 0.550 e. The van der Waals surface area contributed by atoms with E-state index in [1.165, 1.54) is 20.3 Å². The second kappa shape index (κ2) is 7.19. The van der Waals surface area contributed by atoms with Gasteiger partial charge in [-0.1, -0.05) is 0 Å². The van der Waals surface area contributed by atoms with Crippen LogP contribution in [0.3, 0.4) is 0 Å². The zero-order chi connectivity index (χ0) is 17.0. The number of methoxy groups -OCH3 is 2. The molecule has 1 saturated heterocycles. The standard InChI is InChI=1S/C15H15NO6S/c1-21-10-3-4-11(22-2)9(7-10)8-12-14(19)16(15(20)23-12)6-5-13(17)18/h3-4,7-8H,5-6H2,1-2H3,(H,17,18)/p-1/b12-8-. The van der Waals surface area contributed by atoms with Gasteiger partial charge in [-0.25, -0.2) is 0 Å². The molecule has 0 aliphatic carbocycles. The van der Waals surface area contributed by atoms with Crippen molar-refractivity contribution in [3.63, 3.8) is 0 Å². The maximum atomic E-state index is 12.2. The van der Waals surface area contributed by atoms with E-state index in [9.17, 15) is 19.5 Å². The SMILES string of the molecule is COc1ccc(OC)c(/C=C2\SC(=O)N(CCC(=O)[O-])C2=O)c1. The Morgan fingerprint density at radius 2 is 2.04 bits per heavy atom. The van der Waals surface area contributed by atoms with E-state index in [0.29, 0.717) is 17.1 Å². The van der Waals surface area contributed by atoms with Crippen LogP contribution < -0.4 is 14.6 Å². The number of hydrogen-bond donors (Lipinski definition) is 0. The Morgan fingerprint density at radius 1 is 1.30 bits per heavy atom. The number of carboxylic acid groups (broad SMARTS) is 1. The van der Waals surface area contributed by atoms with Gasteiger partial charge in [-0.05, 0) is 36.0 Å². The van der Waals surface area contributed by atoms with Gasteiger partial charge in [0.15, 0.2) is 0 Å². The molecule has 122 valence electrons. The molecule has 0 radical (unpaired) electrons. The quantitative estimate of drug-likeness (QED) is 0.711. The first kappa shape index (κ1) is 16.9. The molecule has 1 aromatic rings. The summed E-state index contributed by atoms with van der Waals surface area (Å²) in [7, 11) is 3.00. The lowest BCUT2D eigenvalue weighted by atomic mass is 10.1. The molecule has 23 heavy (non-hydrogen) atoms. The molecule has 1 fully saturated rings. The fourth-order valence-electron chi connectivity index (χ4n) is 1.99. The summed E-state index contributed by atoms with van der Waals surface area (Å²) >= 11 is 0.750. The molecule has 1 aliphatic heterocycles. The number of benzene rings is 1. The summed E-state index contributed by atoms with van der Waals surface area (Å²) in [4.78, 5) is 35.6. The first-order valence-corrected chi connectivity index (χ1v) is 7.45. The highest BCUT2D eigenvalue weighted by molar-refractivity contribution is 8.18. The van der Waals surface area contributed by atoms with Gasteiger partial charge in [0.2, 0.25) is 0 Å². The van der Waals surface area contributed by atoms with Crippen molar-refractivity contribution in [3.8, 4) is 11.5 Å². The third kappa shape index (κ3) is 3.84. The molecule has 0 N–H and O–H groups in total. The molecule has 0 bridgehead atoms. The van der Waals surface area contributed by atoms with Gasteiger partial charge in [-0.3, -0.25) is 14.5 Å². The third-order valence-electron chi connectivity index (χ3n) is 3.14. The lowest BCUT2D eigenvalue weighted by Crippen LogP contribution is -2.33. The van der Waals surface area contributed by atoms with E-state index in [2.05, 4.69) is 0 Å². The summed E-state index contributed by atoms with van der Waals surface area (Å²) in [5.41, 5.74) is 0.581. The van der Waals surface area contributed by atoms with Crippen LogP contribution in [0.2, 0.25) is 0 Å². The van der Waals surface area contributed by atoms with Gasteiger partial charge < -0.3 is 19.4 Å². The van der Waals surface area contributed by atoms with E-state index >= 15 is 0 Å². The number of carbonyl (C=O) groups is 3. The average molecular weight is 336 g/mol. The maximum absolute atomic E-state index is 12.2. The summed E-state index contributed by atoms with van der Waals surface area (Å²) in [6.07, 6.45) is 1.12. The van der Waals surface area contributed by atoms with E-state index < -0.39 is 23.5 Å². The Kier molecular flexibility index (Phi) is 5.28. The summed E-state index contributed by atoms with van der Waals surface area (Å²) in [5, 5.41) is 9.97. The van der Waals surface area contributed by atoms with Crippen molar-refractivity contribution in [1.82, 2.24) is 4.90 Å². The van der Waals surface area contributed by atoms with Crippen LogP contribution in [-0.4, -0.2) is 42.8 Å². The predicted molar refractivity (Wildman–Crippen MR) is 81.8 cm³/mol. The number of amides is 2. The number of hydrogen-bond acceptors (Lipinski definition) is 7. The molecular formula is C15H14NO6S-. The van der Waals surface area contributed by atoms with Crippen molar-refractivity contribution in [1.29, 1.82) is 0 Å². The number of thioether (sulfide) groups is 1. The summed E-state index contributed by atoms with van der Waals surface area (Å²) in [6, 6.07) is 5.07. The van der Waals surface area contributed by atoms with E-state index in [1.807, 2.05) is 0 Å². The van der Waals surface area contributed by atoms with Gasteiger partial charge >= 0.3 is 0 Å². The monoisotopic (exact) mass is 336 g/mol. The molecule has 0 atom stereocenters. The molecule has 0 aromatic heterocycles. The van der Waals surface area contributed by atoms with Gasteiger partial charge in [0, 0.05) is 24.5 Å². The maximum Gasteiger partial charge on any atom is 0.293 e. The van der Waals surface area contributed by atoms with Crippen LogP contribution in [-0.2, 0) is 9.59 Å². The minimum atomic E-state index is -1.32. The number of carboxylic acids is 1. The van der Waals surface area contributed by atoms with Gasteiger partial charge in [0.25, 0.3) is 11.1 Å². The topological polar surface area (TPSA) is 96.0 Å². The molecule has 8 heteroatoms. The van der Waals surface area contributed by atoms with E-state index in [-0.39, 0.29) is 11.4 Å². The third-order valence-corrected chi connectivity index (χ3v) is 4.04. The second-order valence-electron chi connectivity index (χ2n) is 4.56. The summed E-state index contributed by atoms with van der Waals surface area (Å²) in [5.74, 6) is -0.755. The van der Waals surface area contributed by atoms with Crippen LogP contribution in [0.1, 0.15) is 12.0 Å². The normalized spacial score (nSPS) is 16.1. The fourth-order valence-corrected chi connectivity index (χ4v) is 2.85. The molecule has 1 aromatic carbocycles. The molecule has 0 spiro atoms. The Bertz CT molecular complexity index is 685. The second-order valence-corrected chi connectivity index (χ2v) is 5.56. The fraction of sp³-hybridized carbons (Fsp3) is 0.267. The molecular weight excluding hydrogens is 322 g/mol. The Labute approximate surface area is 136 Å². The lowest BCUT2D eigenvalue weighted by Gasteiger charge is -2.12. The Morgan fingerprint density at radius 3 is 2.65 bits per heavy atom. The molecule has 0 unspecified atom stereocenters. The number of rotatable bonds is 6. The van der Waals surface area contributed by atoms with Crippen LogP contribution in [0.15, 0.2) is 23.1 Å². The first-order valence-electron chi connectivity index (χ1n) is 6.63. The van der Waals surface area contributed by atoms with Gasteiger partial charge in [0.05, 0.1) is 19.1 Å². The average Bonchev–Trinajstić information content (AvgIpc) is 2.79. The highest BCUT2D eigenvalue weighted by Gasteiger charge is 2.34. The lowest BCUT2D eigenvalue weighted by molar-refractivity contribution is -0.305.